The van der Waals surface area contributed by atoms with E-state index in [0.717, 1.165) is 11.1 Å². The van der Waals surface area contributed by atoms with Gasteiger partial charge in [0.25, 0.3) is 5.91 Å². The summed E-state index contributed by atoms with van der Waals surface area (Å²) in [5.74, 6) is -6.06. The van der Waals surface area contributed by atoms with Crippen LogP contribution in [0, 0.1) is 11.8 Å². The van der Waals surface area contributed by atoms with Gasteiger partial charge in [-0.1, -0.05) is 12.1 Å². The molecule has 0 aromatic heterocycles. The molecule has 11 nitrogen and oxygen atoms in total. The molecule has 5 rings (SSSR count). The summed E-state index contributed by atoms with van der Waals surface area (Å²) in [6.45, 7) is 0.601. The second-order valence-electron chi connectivity index (χ2n) is 11.7. The Bertz CT molecular complexity index is 1590. The maximum Gasteiger partial charge on any atom is 0.255 e. The van der Waals surface area contributed by atoms with Gasteiger partial charge in [-0.15, -0.1) is 0 Å². The summed E-state index contributed by atoms with van der Waals surface area (Å²) in [5, 5.41) is 45.0. The number of likely N-dealkylation sites (N-methyl/N-ethyl adjacent to an activating group) is 1. The number of carbonyl (C=O) groups is 3. The molecule has 0 fully saturated rings. The molecule has 42 heavy (non-hydrogen) atoms. The normalized spacial score (nSPS) is 25.5. The smallest absolute Gasteiger partial charge is 0.255 e. The van der Waals surface area contributed by atoms with Crippen molar-refractivity contribution in [3.63, 3.8) is 0 Å². The number of aliphatic hydroxyl groups excluding tert-OH is 2. The molecular weight excluding hydrogens is 542 g/mol. The molecule has 3 aliphatic rings. The number of nitrogens with zero attached hydrogens (tertiary/aromatic N) is 2. The van der Waals surface area contributed by atoms with E-state index in [1.165, 1.54) is 11.0 Å². The Morgan fingerprint density at radius 2 is 1.79 bits per heavy atom. The lowest BCUT2D eigenvalue weighted by Crippen LogP contribution is -2.63. The van der Waals surface area contributed by atoms with Gasteiger partial charge in [-0.2, -0.15) is 0 Å². The fourth-order valence-electron chi connectivity index (χ4n) is 6.93. The number of aromatic hydroxyl groups is 1. The number of rotatable bonds is 6. The van der Waals surface area contributed by atoms with Gasteiger partial charge in [0.15, 0.2) is 11.4 Å². The number of ketones is 2. The number of hydrogen-bond acceptors (Lipinski definition) is 10. The molecule has 6 N–H and O–H groups in total. The second kappa shape index (κ2) is 10.3. The van der Waals surface area contributed by atoms with Crippen molar-refractivity contribution in [1.29, 1.82) is 0 Å². The highest BCUT2D eigenvalue weighted by Gasteiger charge is 2.63. The molecule has 0 spiro atoms. The third-order valence-corrected chi connectivity index (χ3v) is 8.68. The van der Waals surface area contributed by atoms with Gasteiger partial charge < -0.3 is 35.8 Å². The second-order valence-corrected chi connectivity index (χ2v) is 11.7. The van der Waals surface area contributed by atoms with Crippen LogP contribution in [0.25, 0.3) is 11.1 Å². The van der Waals surface area contributed by atoms with E-state index in [0.29, 0.717) is 23.4 Å². The summed E-state index contributed by atoms with van der Waals surface area (Å²) >= 11 is 0. The molecule has 11 heteroatoms. The maximum atomic E-state index is 14.0. The van der Waals surface area contributed by atoms with Gasteiger partial charge in [0.1, 0.15) is 28.6 Å². The summed E-state index contributed by atoms with van der Waals surface area (Å²) in [4.78, 5) is 43.1. The number of primary amides is 1. The number of benzene rings is 2. The van der Waals surface area contributed by atoms with E-state index in [1.807, 2.05) is 37.2 Å². The Labute approximate surface area is 243 Å². The Kier molecular flexibility index (Phi) is 7.16. The van der Waals surface area contributed by atoms with E-state index in [2.05, 4.69) is 0 Å². The molecule has 0 aliphatic heterocycles. The highest BCUT2D eigenvalue weighted by Crippen LogP contribution is 2.53. The van der Waals surface area contributed by atoms with Crippen molar-refractivity contribution in [2.24, 2.45) is 17.6 Å². The quantitative estimate of drug-likeness (QED) is 0.319. The highest BCUT2D eigenvalue weighted by atomic mass is 16.5. The van der Waals surface area contributed by atoms with Crippen LogP contribution in [0.1, 0.15) is 27.9 Å². The van der Waals surface area contributed by atoms with Gasteiger partial charge in [0.2, 0.25) is 5.78 Å². The first-order valence-electron chi connectivity index (χ1n) is 13.6. The first-order chi connectivity index (χ1) is 19.7. The SMILES string of the molecule is COc1ccc(-c2ccc(O)c3c2C[C@@H]2C[C@@H]4[C@H](N(C)C)C(O)=C(C(N)=O)C(=O)[C@]4(O)C(O)=C2C3=O)cc1CN(C)C. The van der Waals surface area contributed by atoms with E-state index < -0.39 is 58.0 Å². The molecule has 2 aromatic rings. The van der Waals surface area contributed by atoms with Crippen LogP contribution in [-0.4, -0.2) is 94.6 Å². The molecule has 0 radical (unpaired) electrons. The largest absolute Gasteiger partial charge is 0.510 e. The Morgan fingerprint density at radius 1 is 1.10 bits per heavy atom. The van der Waals surface area contributed by atoms with Crippen LogP contribution in [-0.2, 0) is 22.6 Å². The van der Waals surface area contributed by atoms with Crippen molar-refractivity contribution in [2.45, 2.75) is 31.0 Å². The number of phenolic OH excluding ortho intramolecular Hbond substituents is 1. The summed E-state index contributed by atoms with van der Waals surface area (Å²) in [6.07, 6.45) is 0.225. The number of phenols is 1. The molecule has 0 bridgehead atoms. The van der Waals surface area contributed by atoms with Crippen molar-refractivity contribution in [3.8, 4) is 22.6 Å². The van der Waals surface area contributed by atoms with Gasteiger partial charge in [0, 0.05) is 23.6 Å². The molecule has 222 valence electrons. The molecule has 0 saturated heterocycles. The molecule has 1 amide bonds. The van der Waals surface area contributed by atoms with E-state index in [9.17, 15) is 34.8 Å². The van der Waals surface area contributed by atoms with E-state index in [1.54, 1.807) is 27.3 Å². The summed E-state index contributed by atoms with van der Waals surface area (Å²) in [5.41, 5.74) is 4.66. The number of carbonyl (C=O) groups excluding carboxylic acids is 3. The number of hydrogen-bond donors (Lipinski definition) is 5. The van der Waals surface area contributed by atoms with Crippen molar-refractivity contribution >= 4 is 17.5 Å². The van der Waals surface area contributed by atoms with Gasteiger partial charge >= 0.3 is 0 Å². The number of Topliss-reactive ketones (excluding diaryl/α,β-unsaturated/α-hetero) is 2. The number of aliphatic hydroxyl groups is 3. The first-order valence-corrected chi connectivity index (χ1v) is 13.6. The lowest BCUT2D eigenvalue weighted by atomic mass is 9.58. The predicted molar refractivity (Wildman–Crippen MR) is 153 cm³/mol. The maximum absolute atomic E-state index is 14.0. The molecule has 4 atom stereocenters. The van der Waals surface area contributed by atoms with Crippen LogP contribution in [0.2, 0.25) is 0 Å². The Morgan fingerprint density at radius 3 is 2.38 bits per heavy atom. The molecule has 0 saturated carbocycles. The first kappa shape index (κ1) is 29.3. The number of ether oxygens (including phenoxy) is 1. The molecule has 2 aromatic carbocycles. The van der Waals surface area contributed by atoms with Crippen LogP contribution < -0.4 is 10.5 Å². The monoisotopic (exact) mass is 577 g/mol. The number of amides is 1. The van der Waals surface area contributed by atoms with Crippen LogP contribution in [0.4, 0.5) is 0 Å². The van der Waals surface area contributed by atoms with Gasteiger partial charge in [0.05, 0.1) is 18.7 Å². The lowest BCUT2D eigenvalue weighted by Gasteiger charge is -2.50. The fourth-order valence-corrected chi connectivity index (χ4v) is 6.93. The summed E-state index contributed by atoms with van der Waals surface area (Å²) < 4.78 is 5.53. The summed E-state index contributed by atoms with van der Waals surface area (Å²) in [6, 6.07) is 7.77. The lowest BCUT2D eigenvalue weighted by molar-refractivity contribution is -0.148. The van der Waals surface area contributed by atoms with E-state index in [-0.39, 0.29) is 29.7 Å². The van der Waals surface area contributed by atoms with Crippen molar-refractivity contribution in [1.82, 2.24) is 9.80 Å². The third kappa shape index (κ3) is 4.19. The highest BCUT2D eigenvalue weighted by molar-refractivity contribution is 6.24. The minimum Gasteiger partial charge on any atom is -0.510 e. The zero-order valence-corrected chi connectivity index (χ0v) is 24.1. The standard InChI is InChI=1S/C31H35N3O8/c1-33(2)13-16-10-14(6-9-21(16)42-5)17-7-8-20(35)23-18(17)11-15-12-19-25(34(3)4)27(37)24(30(32)40)29(39)31(19,41)28(38)22(15)26(23)36/h6-10,15,19,25,35,37-38,41H,11-13H2,1-5H3,(H2,32,40)/t15-,19-,25+,31-/m1/s1. The van der Waals surface area contributed by atoms with Crippen molar-refractivity contribution < 1.29 is 39.5 Å². The average Bonchev–Trinajstić information content (AvgIpc) is 2.90. The van der Waals surface area contributed by atoms with Crippen LogP contribution in [0.3, 0.4) is 0 Å². The number of methoxy groups -OCH3 is 1. The Balaban J connectivity index is 1.69. The van der Waals surface area contributed by atoms with Gasteiger partial charge in [-0.05, 0) is 81.8 Å². The Hall–Kier alpha value is -4.19. The average molecular weight is 578 g/mol. The van der Waals surface area contributed by atoms with Crippen molar-refractivity contribution in [2.75, 3.05) is 35.3 Å². The van der Waals surface area contributed by atoms with E-state index >= 15 is 0 Å². The van der Waals surface area contributed by atoms with Crippen LogP contribution in [0.15, 0.2) is 53.0 Å². The van der Waals surface area contributed by atoms with E-state index in [4.69, 9.17) is 10.5 Å². The zero-order valence-electron chi connectivity index (χ0n) is 24.1. The zero-order chi connectivity index (χ0) is 30.8. The topological polar surface area (TPSA) is 174 Å². The fraction of sp³-hybridized carbons (Fsp3) is 0.387. The summed E-state index contributed by atoms with van der Waals surface area (Å²) in [7, 11) is 8.66. The minimum atomic E-state index is -2.67. The number of fused-ring (bicyclic) bond motifs is 3. The third-order valence-electron chi connectivity index (χ3n) is 8.68. The van der Waals surface area contributed by atoms with Crippen LogP contribution >= 0.6 is 0 Å². The molecule has 0 unspecified atom stereocenters. The van der Waals surface area contributed by atoms with Gasteiger partial charge in [-0.3, -0.25) is 19.3 Å². The van der Waals surface area contributed by atoms with Crippen LogP contribution in [0.5, 0.6) is 11.5 Å². The molecule has 3 aliphatic carbocycles. The van der Waals surface area contributed by atoms with Crippen molar-refractivity contribution in [3.05, 3.63) is 69.7 Å². The predicted octanol–water partition coefficient (Wildman–Crippen LogP) is 1.86. The number of allylic oxidation sites excluding steroid dienone is 1. The number of nitrogens with two attached hydrogens (primary N) is 1. The molecule has 0 heterocycles. The minimum absolute atomic E-state index is 0.0232. The molecular formula is C31H35N3O8. The van der Waals surface area contributed by atoms with Gasteiger partial charge in [-0.25, -0.2) is 0 Å².